The number of nitrogens with zero attached hydrogens (tertiary/aromatic N) is 3. The quantitative estimate of drug-likeness (QED) is 0.379. The van der Waals surface area contributed by atoms with E-state index >= 15 is 0 Å². The molecule has 2 aromatic rings. The molecule has 2 N–H and O–H groups in total. The van der Waals surface area contributed by atoms with Gasteiger partial charge in [0.05, 0.1) is 7.11 Å². The number of ether oxygens (including phenoxy) is 1. The van der Waals surface area contributed by atoms with Gasteiger partial charge in [0, 0.05) is 57.6 Å². The van der Waals surface area contributed by atoms with E-state index in [1.54, 1.807) is 7.11 Å². The van der Waals surface area contributed by atoms with E-state index in [2.05, 4.69) is 61.8 Å². The predicted molar refractivity (Wildman–Crippen MR) is 126 cm³/mol. The van der Waals surface area contributed by atoms with Crippen LogP contribution in [0.25, 0.3) is 0 Å². The number of benzene rings is 2. The van der Waals surface area contributed by atoms with Gasteiger partial charge in [-0.1, -0.05) is 36.4 Å². The third-order valence-corrected chi connectivity index (χ3v) is 5.55. The van der Waals surface area contributed by atoms with Crippen LogP contribution in [0.1, 0.15) is 18.4 Å². The van der Waals surface area contributed by atoms with E-state index < -0.39 is 0 Å². The van der Waals surface area contributed by atoms with Crippen molar-refractivity contribution in [3.05, 3.63) is 60.2 Å². The summed E-state index contributed by atoms with van der Waals surface area (Å²) in [5.74, 6) is 1.73. The average Bonchev–Trinajstić information content (AvgIpc) is 2.82. The lowest BCUT2D eigenvalue weighted by molar-refractivity contribution is 0.253. The second-order valence-electron chi connectivity index (χ2n) is 7.54. The minimum Gasteiger partial charge on any atom is -0.496 e. The lowest BCUT2D eigenvalue weighted by Gasteiger charge is -2.36. The van der Waals surface area contributed by atoms with Crippen LogP contribution in [0.15, 0.2) is 59.6 Å². The molecular formula is C24H35N5O. The van der Waals surface area contributed by atoms with E-state index in [4.69, 9.17) is 4.74 Å². The Bertz CT molecular complexity index is 772. The van der Waals surface area contributed by atoms with Crippen LogP contribution in [-0.4, -0.2) is 64.3 Å². The number of para-hydroxylation sites is 2. The molecule has 0 unspecified atom stereocenters. The Morgan fingerprint density at radius 2 is 1.67 bits per heavy atom. The van der Waals surface area contributed by atoms with Crippen molar-refractivity contribution in [2.24, 2.45) is 4.99 Å². The molecule has 0 saturated carbocycles. The van der Waals surface area contributed by atoms with E-state index in [-0.39, 0.29) is 0 Å². The summed E-state index contributed by atoms with van der Waals surface area (Å²) in [5, 5.41) is 6.78. The molecule has 6 nitrogen and oxygen atoms in total. The van der Waals surface area contributed by atoms with Gasteiger partial charge in [0.25, 0.3) is 0 Å². The maximum absolute atomic E-state index is 5.41. The van der Waals surface area contributed by atoms with Crippen molar-refractivity contribution in [2.45, 2.75) is 19.4 Å². The molecule has 6 heteroatoms. The normalized spacial score (nSPS) is 15.1. The molecule has 0 radical (unpaired) electrons. The first-order valence-corrected chi connectivity index (χ1v) is 10.9. The second kappa shape index (κ2) is 12.1. The van der Waals surface area contributed by atoms with Crippen molar-refractivity contribution < 1.29 is 4.74 Å². The topological polar surface area (TPSA) is 52.1 Å². The Balaban J connectivity index is 1.28. The number of hydrogen-bond acceptors (Lipinski definition) is 4. The third kappa shape index (κ3) is 6.66. The van der Waals surface area contributed by atoms with Gasteiger partial charge in [0.2, 0.25) is 0 Å². The molecule has 0 amide bonds. The highest BCUT2D eigenvalue weighted by Gasteiger charge is 2.16. The third-order valence-electron chi connectivity index (χ3n) is 5.55. The van der Waals surface area contributed by atoms with E-state index in [1.807, 2.05) is 25.2 Å². The summed E-state index contributed by atoms with van der Waals surface area (Å²) >= 11 is 0. The summed E-state index contributed by atoms with van der Waals surface area (Å²) in [5.41, 5.74) is 2.46. The largest absolute Gasteiger partial charge is 0.496 e. The minimum absolute atomic E-state index is 0.690. The fraction of sp³-hybridized carbons (Fsp3) is 0.458. The van der Waals surface area contributed by atoms with Crippen LogP contribution in [0.3, 0.4) is 0 Å². The number of guanidine groups is 1. The van der Waals surface area contributed by atoms with Gasteiger partial charge in [0.1, 0.15) is 5.75 Å². The molecule has 1 saturated heterocycles. The van der Waals surface area contributed by atoms with Crippen molar-refractivity contribution in [1.29, 1.82) is 0 Å². The number of methoxy groups -OCH3 is 1. The van der Waals surface area contributed by atoms with Crippen molar-refractivity contribution in [1.82, 2.24) is 15.5 Å². The summed E-state index contributed by atoms with van der Waals surface area (Å²) < 4.78 is 5.41. The maximum atomic E-state index is 5.41. The Morgan fingerprint density at radius 1 is 0.933 bits per heavy atom. The molecule has 3 rings (SSSR count). The Kier molecular flexibility index (Phi) is 8.84. The zero-order valence-corrected chi connectivity index (χ0v) is 18.3. The van der Waals surface area contributed by atoms with Gasteiger partial charge in [-0.2, -0.15) is 0 Å². The lowest BCUT2D eigenvalue weighted by Crippen LogP contribution is -2.46. The minimum atomic E-state index is 0.690. The molecule has 0 aromatic heterocycles. The zero-order chi connectivity index (χ0) is 21.0. The number of rotatable bonds is 9. The highest BCUT2D eigenvalue weighted by atomic mass is 16.5. The first-order chi connectivity index (χ1) is 14.8. The Morgan fingerprint density at radius 3 is 2.40 bits per heavy atom. The first kappa shape index (κ1) is 22.0. The summed E-state index contributed by atoms with van der Waals surface area (Å²) in [6, 6.07) is 18.8. The smallest absolute Gasteiger partial charge is 0.191 e. The van der Waals surface area contributed by atoms with Gasteiger partial charge in [-0.05, 0) is 37.6 Å². The molecule has 0 bridgehead atoms. The molecule has 0 atom stereocenters. The SMILES string of the molecule is CN=C(NCCCCN1CCN(c2ccccc2)CC1)NCc1ccccc1OC. The molecule has 1 aliphatic heterocycles. The van der Waals surface area contributed by atoms with E-state index in [1.165, 1.54) is 12.1 Å². The highest BCUT2D eigenvalue weighted by molar-refractivity contribution is 5.79. The van der Waals surface area contributed by atoms with Gasteiger partial charge in [-0.15, -0.1) is 0 Å². The number of aliphatic imine (C=N–C) groups is 1. The van der Waals surface area contributed by atoms with Crippen molar-refractivity contribution in [3.8, 4) is 5.75 Å². The maximum Gasteiger partial charge on any atom is 0.191 e. The van der Waals surface area contributed by atoms with E-state index in [0.717, 1.165) is 63.0 Å². The molecule has 1 aliphatic rings. The molecular weight excluding hydrogens is 374 g/mol. The van der Waals surface area contributed by atoms with Crippen LogP contribution in [0.2, 0.25) is 0 Å². The van der Waals surface area contributed by atoms with Gasteiger partial charge in [-0.3, -0.25) is 9.89 Å². The lowest BCUT2D eigenvalue weighted by atomic mass is 10.2. The second-order valence-corrected chi connectivity index (χ2v) is 7.54. The highest BCUT2D eigenvalue weighted by Crippen LogP contribution is 2.17. The number of piperazine rings is 1. The molecule has 1 heterocycles. The van der Waals surface area contributed by atoms with Crippen LogP contribution in [0.4, 0.5) is 5.69 Å². The monoisotopic (exact) mass is 409 g/mol. The number of nitrogens with one attached hydrogen (secondary N) is 2. The van der Waals surface area contributed by atoms with Gasteiger partial charge < -0.3 is 20.3 Å². The standard InChI is InChI=1S/C24H35N5O/c1-25-24(27-20-21-10-6-7-13-23(21)30-2)26-14-8-9-15-28-16-18-29(19-17-28)22-11-4-3-5-12-22/h3-7,10-13H,8-9,14-20H2,1-2H3,(H2,25,26,27). The van der Waals surface area contributed by atoms with Gasteiger partial charge >= 0.3 is 0 Å². The zero-order valence-electron chi connectivity index (χ0n) is 18.3. The fourth-order valence-electron chi connectivity index (χ4n) is 3.78. The Labute approximate surface area is 180 Å². The number of unbranched alkanes of at least 4 members (excludes halogenated alkanes) is 1. The fourth-order valence-corrected chi connectivity index (χ4v) is 3.78. The summed E-state index contributed by atoms with van der Waals surface area (Å²) in [6.45, 7) is 7.29. The summed E-state index contributed by atoms with van der Waals surface area (Å²) in [4.78, 5) is 9.38. The average molecular weight is 410 g/mol. The first-order valence-electron chi connectivity index (χ1n) is 10.9. The molecule has 30 heavy (non-hydrogen) atoms. The van der Waals surface area contributed by atoms with Crippen LogP contribution in [0, 0.1) is 0 Å². The van der Waals surface area contributed by atoms with E-state index in [0.29, 0.717) is 6.54 Å². The van der Waals surface area contributed by atoms with Gasteiger partial charge in [0.15, 0.2) is 5.96 Å². The molecule has 162 valence electrons. The molecule has 0 aliphatic carbocycles. The van der Waals surface area contributed by atoms with Gasteiger partial charge in [-0.25, -0.2) is 0 Å². The van der Waals surface area contributed by atoms with Crippen molar-refractivity contribution >= 4 is 11.6 Å². The number of hydrogen-bond donors (Lipinski definition) is 2. The van der Waals surface area contributed by atoms with E-state index in [9.17, 15) is 0 Å². The molecule has 1 fully saturated rings. The van der Waals surface area contributed by atoms with Crippen LogP contribution in [0.5, 0.6) is 5.75 Å². The molecule has 2 aromatic carbocycles. The van der Waals surface area contributed by atoms with Crippen LogP contribution < -0.4 is 20.3 Å². The van der Waals surface area contributed by atoms with Crippen LogP contribution >= 0.6 is 0 Å². The predicted octanol–water partition coefficient (Wildman–Crippen LogP) is 2.96. The van der Waals surface area contributed by atoms with Crippen molar-refractivity contribution in [2.75, 3.05) is 58.3 Å². The summed E-state index contributed by atoms with van der Waals surface area (Å²) in [6.07, 6.45) is 2.33. The summed E-state index contributed by atoms with van der Waals surface area (Å²) in [7, 11) is 3.51. The number of anilines is 1. The van der Waals surface area contributed by atoms with Crippen LogP contribution in [-0.2, 0) is 6.54 Å². The molecule has 0 spiro atoms. The Hall–Kier alpha value is -2.73. The van der Waals surface area contributed by atoms with Crippen molar-refractivity contribution in [3.63, 3.8) is 0 Å².